The smallest absolute Gasteiger partial charge is 0.0996 e. The molecule has 1 heteroatoms. The average Bonchev–Trinajstić information content (AvgIpc) is 2.61. The highest BCUT2D eigenvalue weighted by Gasteiger charge is 2.61. The van der Waals surface area contributed by atoms with Crippen LogP contribution in [0.4, 0.5) is 0 Å². The van der Waals surface area contributed by atoms with Gasteiger partial charge in [0, 0.05) is 12.3 Å². The van der Waals surface area contributed by atoms with Crippen LogP contribution in [0, 0.1) is 11.8 Å². The first-order chi connectivity index (χ1) is 5.33. The van der Waals surface area contributed by atoms with Gasteiger partial charge >= 0.3 is 0 Å². The molecular formula is C11H24N+. The predicted octanol–water partition coefficient (Wildman–Crippen LogP) is 2.52. The highest BCUT2D eigenvalue weighted by Crippen LogP contribution is 2.54. The summed E-state index contributed by atoms with van der Waals surface area (Å²) in [5, 5.41) is 0. The van der Waals surface area contributed by atoms with Gasteiger partial charge in [0.2, 0.25) is 0 Å². The molecule has 0 radical (unpaired) electrons. The zero-order chi connectivity index (χ0) is 9.57. The summed E-state index contributed by atoms with van der Waals surface area (Å²) in [6.07, 6.45) is 2.76. The minimum atomic E-state index is 0.565. The Hall–Kier alpha value is -0.0400. The second-order valence-electron chi connectivity index (χ2n) is 5.57. The van der Waals surface area contributed by atoms with Gasteiger partial charge in [-0.3, -0.25) is 0 Å². The molecule has 1 aliphatic carbocycles. The summed E-state index contributed by atoms with van der Waals surface area (Å²) in [5.74, 6) is 1.87. The molecule has 72 valence electrons. The topological polar surface area (TPSA) is 0 Å². The molecule has 3 atom stereocenters. The molecule has 0 aromatic carbocycles. The molecule has 0 aromatic rings. The van der Waals surface area contributed by atoms with Gasteiger partial charge in [-0.2, -0.15) is 0 Å². The Morgan fingerprint density at radius 3 is 2.17 bits per heavy atom. The van der Waals surface area contributed by atoms with Crippen LogP contribution in [0.3, 0.4) is 0 Å². The van der Waals surface area contributed by atoms with E-state index in [1.807, 2.05) is 0 Å². The fraction of sp³-hybridized carbons (Fsp3) is 1.00. The van der Waals surface area contributed by atoms with Crippen LogP contribution in [0.5, 0.6) is 0 Å². The Morgan fingerprint density at radius 1 is 1.42 bits per heavy atom. The van der Waals surface area contributed by atoms with E-state index in [9.17, 15) is 0 Å². The van der Waals surface area contributed by atoms with Crippen LogP contribution in [-0.2, 0) is 0 Å². The van der Waals surface area contributed by atoms with Crippen molar-refractivity contribution < 1.29 is 4.48 Å². The summed E-state index contributed by atoms with van der Waals surface area (Å²) in [6.45, 7) is 7.13. The van der Waals surface area contributed by atoms with Gasteiger partial charge in [0.1, 0.15) is 0 Å². The Balaban J connectivity index is 2.60. The minimum Gasteiger partial charge on any atom is -0.326 e. The molecule has 0 heterocycles. The number of hydrogen-bond acceptors (Lipinski definition) is 0. The Bertz CT molecular complexity index is 168. The number of rotatable bonds is 3. The van der Waals surface area contributed by atoms with E-state index in [4.69, 9.17) is 0 Å². The Labute approximate surface area is 77.4 Å². The third kappa shape index (κ3) is 1.39. The summed E-state index contributed by atoms with van der Waals surface area (Å²) in [4.78, 5) is 0. The lowest BCUT2D eigenvalue weighted by molar-refractivity contribution is -0.907. The van der Waals surface area contributed by atoms with Crippen LogP contribution in [0.1, 0.15) is 33.6 Å². The molecule has 1 aliphatic rings. The molecule has 0 spiro atoms. The quantitative estimate of drug-likeness (QED) is 0.571. The molecule has 0 bridgehead atoms. The molecule has 0 saturated heterocycles. The lowest BCUT2D eigenvalue weighted by Crippen LogP contribution is -2.47. The average molecular weight is 170 g/mol. The maximum absolute atomic E-state index is 2.43. The first kappa shape index (κ1) is 10.0. The van der Waals surface area contributed by atoms with E-state index in [-0.39, 0.29) is 0 Å². The van der Waals surface area contributed by atoms with Gasteiger partial charge in [0.05, 0.1) is 26.7 Å². The van der Waals surface area contributed by atoms with E-state index < -0.39 is 0 Å². The maximum Gasteiger partial charge on any atom is 0.0996 e. The largest absolute Gasteiger partial charge is 0.326 e. The van der Waals surface area contributed by atoms with Crippen LogP contribution >= 0.6 is 0 Å². The van der Waals surface area contributed by atoms with Gasteiger partial charge in [0.25, 0.3) is 0 Å². The summed E-state index contributed by atoms with van der Waals surface area (Å²) < 4.78 is 1.13. The van der Waals surface area contributed by atoms with Crippen LogP contribution < -0.4 is 0 Å². The SMILES string of the molecule is CCC(C)C1CC1(C)[N+](C)(C)C. The van der Waals surface area contributed by atoms with E-state index in [2.05, 4.69) is 41.9 Å². The zero-order valence-electron chi connectivity index (χ0n) is 9.52. The monoisotopic (exact) mass is 170 g/mol. The standard InChI is InChI=1S/C11H24N/c1-7-9(2)10-8-11(10,3)12(4,5)6/h9-10H,7-8H2,1-6H3/q+1. The molecule has 0 N–H and O–H groups in total. The highest BCUT2D eigenvalue weighted by molar-refractivity contribution is 5.03. The molecule has 12 heavy (non-hydrogen) atoms. The van der Waals surface area contributed by atoms with Gasteiger partial charge in [-0.05, 0) is 12.8 Å². The lowest BCUT2D eigenvalue weighted by Gasteiger charge is -2.34. The molecule has 1 nitrogen and oxygen atoms in total. The summed E-state index contributed by atoms with van der Waals surface area (Å²) in [7, 11) is 6.97. The Kier molecular flexibility index (Phi) is 2.28. The molecule has 1 fully saturated rings. The fourth-order valence-corrected chi connectivity index (χ4v) is 2.26. The van der Waals surface area contributed by atoms with Gasteiger partial charge in [-0.15, -0.1) is 0 Å². The molecule has 0 aromatic heterocycles. The molecule has 1 rings (SSSR count). The third-order valence-electron chi connectivity index (χ3n) is 4.14. The van der Waals surface area contributed by atoms with Gasteiger partial charge in [0.15, 0.2) is 0 Å². The van der Waals surface area contributed by atoms with Crippen LogP contribution in [0.15, 0.2) is 0 Å². The van der Waals surface area contributed by atoms with Crippen molar-refractivity contribution in [2.75, 3.05) is 21.1 Å². The van der Waals surface area contributed by atoms with Crippen molar-refractivity contribution >= 4 is 0 Å². The number of quaternary nitrogens is 1. The molecular weight excluding hydrogens is 146 g/mol. The van der Waals surface area contributed by atoms with Crippen molar-refractivity contribution in [1.29, 1.82) is 0 Å². The van der Waals surface area contributed by atoms with Crippen LogP contribution in [-0.4, -0.2) is 31.2 Å². The van der Waals surface area contributed by atoms with Crippen molar-refractivity contribution in [3.05, 3.63) is 0 Å². The normalized spacial score (nSPS) is 38.0. The van der Waals surface area contributed by atoms with Crippen molar-refractivity contribution in [2.45, 2.75) is 39.2 Å². The van der Waals surface area contributed by atoms with Crippen LogP contribution in [0.2, 0.25) is 0 Å². The number of nitrogens with zero attached hydrogens (tertiary/aromatic N) is 1. The van der Waals surface area contributed by atoms with E-state index in [0.29, 0.717) is 5.54 Å². The first-order valence-corrected chi connectivity index (χ1v) is 5.14. The zero-order valence-corrected chi connectivity index (χ0v) is 9.52. The van der Waals surface area contributed by atoms with Crippen molar-refractivity contribution in [3.63, 3.8) is 0 Å². The molecule has 3 unspecified atom stereocenters. The van der Waals surface area contributed by atoms with Crippen LogP contribution in [0.25, 0.3) is 0 Å². The van der Waals surface area contributed by atoms with Gasteiger partial charge in [-0.25, -0.2) is 0 Å². The molecule has 1 saturated carbocycles. The van der Waals surface area contributed by atoms with E-state index in [1.165, 1.54) is 12.8 Å². The Morgan fingerprint density at radius 2 is 1.92 bits per heavy atom. The predicted molar refractivity (Wildman–Crippen MR) is 54.0 cm³/mol. The van der Waals surface area contributed by atoms with Crippen molar-refractivity contribution in [3.8, 4) is 0 Å². The van der Waals surface area contributed by atoms with E-state index in [0.717, 1.165) is 16.3 Å². The molecule has 0 aliphatic heterocycles. The van der Waals surface area contributed by atoms with Gasteiger partial charge < -0.3 is 4.48 Å². The third-order valence-corrected chi connectivity index (χ3v) is 4.14. The van der Waals surface area contributed by atoms with Gasteiger partial charge in [-0.1, -0.05) is 20.3 Å². The summed E-state index contributed by atoms with van der Waals surface area (Å²) >= 11 is 0. The second kappa shape index (κ2) is 2.73. The summed E-state index contributed by atoms with van der Waals surface area (Å²) in [6, 6.07) is 0. The second-order valence-corrected chi connectivity index (χ2v) is 5.57. The van der Waals surface area contributed by atoms with Crippen molar-refractivity contribution in [1.82, 2.24) is 0 Å². The highest BCUT2D eigenvalue weighted by atomic mass is 15.4. The number of hydrogen-bond donors (Lipinski definition) is 0. The summed E-state index contributed by atoms with van der Waals surface area (Å²) in [5.41, 5.74) is 0.565. The maximum atomic E-state index is 2.43. The first-order valence-electron chi connectivity index (χ1n) is 5.14. The van der Waals surface area contributed by atoms with Crippen molar-refractivity contribution in [2.24, 2.45) is 11.8 Å². The minimum absolute atomic E-state index is 0.565. The molecule has 0 amide bonds. The fourth-order valence-electron chi connectivity index (χ4n) is 2.26. The lowest BCUT2D eigenvalue weighted by atomic mass is 9.99. The van der Waals surface area contributed by atoms with E-state index >= 15 is 0 Å². The van der Waals surface area contributed by atoms with E-state index in [1.54, 1.807) is 0 Å².